The molecule has 1 amide bonds. The number of carbonyl (C=O) groups is 1. The first-order valence-electron chi connectivity index (χ1n) is 8.54. The van der Waals surface area contributed by atoms with Gasteiger partial charge in [-0.3, -0.25) is 4.79 Å². The van der Waals surface area contributed by atoms with Crippen molar-refractivity contribution in [3.63, 3.8) is 0 Å². The molecule has 1 aromatic carbocycles. The Morgan fingerprint density at radius 2 is 1.67 bits per heavy atom. The summed E-state index contributed by atoms with van der Waals surface area (Å²) < 4.78 is 10.9. The van der Waals surface area contributed by atoms with Crippen molar-refractivity contribution in [1.29, 1.82) is 0 Å². The smallest absolute Gasteiger partial charge is 0.240 e. The lowest BCUT2D eigenvalue weighted by atomic mass is 9.74. The lowest BCUT2D eigenvalue weighted by Crippen LogP contribution is -2.59. The van der Waals surface area contributed by atoms with Gasteiger partial charge in [0, 0.05) is 43.4 Å². The second-order valence-electron chi connectivity index (χ2n) is 6.82. The molecule has 5 nitrogen and oxygen atoms in total. The molecule has 2 heterocycles. The number of halogens is 1. The van der Waals surface area contributed by atoms with E-state index in [0.717, 1.165) is 23.4 Å². The number of amides is 1. The van der Waals surface area contributed by atoms with Crippen LogP contribution in [0.5, 0.6) is 0 Å². The van der Waals surface area contributed by atoms with Crippen LogP contribution in [0, 0.1) is 0 Å². The number of benzene rings is 1. The van der Waals surface area contributed by atoms with Crippen molar-refractivity contribution >= 4 is 17.5 Å². The number of nitrogens with one attached hydrogen (secondary N) is 1. The summed E-state index contributed by atoms with van der Waals surface area (Å²) in [6.07, 6.45) is 2.78. The molecule has 0 aliphatic carbocycles. The largest absolute Gasteiger partial charge is 0.381 e. The molecule has 0 atom stereocenters. The Morgan fingerprint density at radius 1 is 1.08 bits per heavy atom. The lowest BCUT2D eigenvalue weighted by Gasteiger charge is -2.40. The molecule has 6 heteroatoms. The molecule has 0 unspecified atom stereocenters. The topological polar surface area (TPSA) is 73.6 Å². The van der Waals surface area contributed by atoms with Gasteiger partial charge in [-0.15, -0.1) is 0 Å². The maximum absolute atomic E-state index is 12.7. The molecule has 0 radical (unpaired) electrons. The van der Waals surface area contributed by atoms with E-state index >= 15 is 0 Å². The van der Waals surface area contributed by atoms with E-state index < -0.39 is 5.54 Å². The van der Waals surface area contributed by atoms with Crippen molar-refractivity contribution in [3.05, 3.63) is 34.9 Å². The van der Waals surface area contributed by atoms with Crippen LogP contribution in [0.25, 0.3) is 0 Å². The van der Waals surface area contributed by atoms with Crippen LogP contribution in [0.4, 0.5) is 0 Å². The number of nitrogens with two attached hydrogens (primary N) is 1. The highest BCUT2D eigenvalue weighted by atomic mass is 35.5. The van der Waals surface area contributed by atoms with Gasteiger partial charge in [0.25, 0.3) is 0 Å². The molecule has 2 saturated heterocycles. The summed E-state index contributed by atoms with van der Waals surface area (Å²) in [6.45, 7) is 2.94. The minimum Gasteiger partial charge on any atom is -0.381 e. The zero-order valence-corrected chi connectivity index (χ0v) is 14.6. The maximum Gasteiger partial charge on any atom is 0.240 e. The normalized spacial score (nSPS) is 22.8. The minimum atomic E-state index is -0.828. The average Bonchev–Trinajstić information content (AvgIpc) is 2.61. The quantitative estimate of drug-likeness (QED) is 0.869. The molecular formula is C18H25ClN2O3. The monoisotopic (exact) mass is 352 g/mol. The van der Waals surface area contributed by atoms with Crippen molar-refractivity contribution in [2.45, 2.75) is 36.6 Å². The summed E-state index contributed by atoms with van der Waals surface area (Å²) in [5, 5.41) is 3.83. The predicted molar refractivity (Wildman–Crippen MR) is 93.2 cm³/mol. The Kier molecular flexibility index (Phi) is 5.45. The fourth-order valence-electron chi connectivity index (χ4n) is 3.58. The van der Waals surface area contributed by atoms with E-state index in [1.807, 2.05) is 24.3 Å². The zero-order chi connectivity index (χ0) is 17.0. The van der Waals surface area contributed by atoms with Crippen LogP contribution >= 0.6 is 11.6 Å². The van der Waals surface area contributed by atoms with Gasteiger partial charge in [0.15, 0.2) is 0 Å². The molecule has 0 saturated carbocycles. The Hall–Kier alpha value is -1.14. The predicted octanol–water partition coefficient (Wildman–Crippen LogP) is 2.01. The molecule has 3 rings (SSSR count). The third-order valence-electron chi connectivity index (χ3n) is 5.32. The van der Waals surface area contributed by atoms with Crippen LogP contribution < -0.4 is 11.1 Å². The van der Waals surface area contributed by atoms with Crippen LogP contribution in [0.15, 0.2) is 24.3 Å². The summed E-state index contributed by atoms with van der Waals surface area (Å²) >= 11 is 6.44. The molecular weight excluding hydrogens is 328 g/mol. The Labute approximate surface area is 147 Å². The van der Waals surface area contributed by atoms with Crippen molar-refractivity contribution in [3.8, 4) is 0 Å². The number of carbonyl (C=O) groups excluding carboxylic acids is 1. The van der Waals surface area contributed by atoms with Gasteiger partial charge in [0.05, 0.1) is 5.54 Å². The van der Waals surface area contributed by atoms with Gasteiger partial charge in [-0.25, -0.2) is 0 Å². The Bertz CT molecular complexity index is 581. The van der Waals surface area contributed by atoms with Gasteiger partial charge in [-0.2, -0.15) is 0 Å². The number of rotatable bonds is 4. The number of hydrogen-bond donors (Lipinski definition) is 2. The standard InChI is InChI=1S/C18H25ClN2O3/c19-15-4-2-1-3-14(15)17(5-9-23-10-6-17)13-21-16(22)18(20)7-11-24-12-8-18/h1-4H,5-13,20H2,(H,21,22). The fourth-order valence-corrected chi connectivity index (χ4v) is 3.92. The zero-order valence-electron chi connectivity index (χ0n) is 13.9. The molecule has 2 aliphatic heterocycles. The summed E-state index contributed by atoms with van der Waals surface area (Å²) in [5.41, 5.74) is 6.34. The SMILES string of the molecule is NC1(C(=O)NCC2(c3ccccc3Cl)CCOCC2)CCOCC1. The second kappa shape index (κ2) is 7.40. The molecule has 2 fully saturated rings. The van der Waals surface area contributed by atoms with Crippen molar-refractivity contribution in [1.82, 2.24) is 5.32 Å². The molecule has 0 aromatic heterocycles. The average molecular weight is 353 g/mol. The molecule has 132 valence electrons. The van der Waals surface area contributed by atoms with E-state index in [4.69, 9.17) is 26.8 Å². The second-order valence-corrected chi connectivity index (χ2v) is 7.23. The van der Waals surface area contributed by atoms with E-state index in [1.54, 1.807) is 0 Å². The van der Waals surface area contributed by atoms with E-state index in [-0.39, 0.29) is 11.3 Å². The fraction of sp³-hybridized carbons (Fsp3) is 0.611. The molecule has 1 aromatic rings. The highest BCUT2D eigenvalue weighted by molar-refractivity contribution is 6.31. The molecule has 0 spiro atoms. The van der Waals surface area contributed by atoms with Crippen LogP contribution in [0.3, 0.4) is 0 Å². The number of ether oxygens (including phenoxy) is 2. The minimum absolute atomic E-state index is 0.0938. The molecule has 3 N–H and O–H groups in total. The van der Waals surface area contributed by atoms with Gasteiger partial charge in [-0.05, 0) is 37.3 Å². The first-order chi connectivity index (χ1) is 11.6. The maximum atomic E-state index is 12.7. The first-order valence-corrected chi connectivity index (χ1v) is 8.91. The van der Waals surface area contributed by atoms with Crippen LogP contribution in [0.1, 0.15) is 31.2 Å². The highest BCUT2D eigenvalue weighted by Crippen LogP contribution is 2.38. The van der Waals surface area contributed by atoms with E-state index in [9.17, 15) is 4.79 Å². The van der Waals surface area contributed by atoms with Crippen LogP contribution in [-0.4, -0.2) is 44.4 Å². The van der Waals surface area contributed by atoms with Crippen molar-refractivity contribution in [2.24, 2.45) is 5.73 Å². The van der Waals surface area contributed by atoms with E-state index in [1.165, 1.54) is 0 Å². The van der Waals surface area contributed by atoms with Gasteiger partial charge in [-0.1, -0.05) is 29.8 Å². The van der Waals surface area contributed by atoms with Crippen molar-refractivity contribution < 1.29 is 14.3 Å². The summed E-state index contributed by atoms with van der Waals surface area (Å²) in [5.74, 6) is -0.0938. The highest BCUT2D eigenvalue weighted by Gasteiger charge is 2.40. The summed E-state index contributed by atoms with van der Waals surface area (Å²) in [4.78, 5) is 12.7. The molecule has 0 bridgehead atoms. The van der Waals surface area contributed by atoms with Crippen LogP contribution in [0.2, 0.25) is 5.02 Å². The Morgan fingerprint density at radius 3 is 2.29 bits per heavy atom. The first kappa shape index (κ1) is 17.7. The Balaban J connectivity index is 1.76. The lowest BCUT2D eigenvalue weighted by molar-refractivity contribution is -0.130. The van der Waals surface area contributed by atoms with Gasteiger partial charge >= 0.3 is 0 Å². The van der Waals surface area contributed by atoms with Crippen molar-refractivity contribution in [2.75, 3.05) is 33.0 Å². The summed E-state index contributed by atoms with van der Waals surface area (Å²) in [7, 11) is 0. The molecule has 24 heavy (non-hydrogen) atoms. The van der Waals surface area contributed by atoms with Gasteiger partial charge in [0.2, 0.25) is 5.91 Å². The van der Waals surface area contributed by atoms with Gasteiger partial charge < -0.3 is 20.5 Å². The number of hydrogen-bond acceptors (Lipinski definition) is 4. The third kappa shape index (κ3) is 3.59. The van der Waals surface area contributed by atoms with Gasteiger partial charge in [0.1, 0.15) is 0 Å². The van der Waals surface area contributed by atoms with Crippen LogP contribution in [-0.2, 0) is 19.7 Å². The molecule has 2 aliphatic rings. The third-order valence-corrected chi connectivity index (χ3v) is 5.65. The van der Waals surface area contributed by atoms with E-state index in [0.29, 0.717) is 45.8 Å². The summed E-state index contributed by atoms with van der Waals surface area (Å²) in [6, 6.07) is 7.86. The van der Waals surface area contributed by atoms with E-state index in [2.05, 4.69) is 5.32 Å².